The Kier molecular flexibility index (Phi) is 2.12. The number of benzene rings is 1. The second-order valence-corrected chi connectivity index (χ2v) is 4.26. The van der Waals surface area contributed by atoms with Gasteiger partial charge in [0.05, 0.1) is 0 Å². The molecule has 1 aromatic rings. The highest BCUT2D eigenvalue weighted by Gasteiger charge is 2.24. The Labute approximate surface area is 80.4 Å². The fourth-order valence-electron chi connectivity index (χ4n) is 1.93. The predicted molar refractivity (Wildman–Crippen MR) is 56.2 cm³/mol. The SMILES string of the molecule is Cc1ccc(C2CN(C)C2)cc1C. The van der Waals surface area contributed by atoms with Crippen LogP contribution in [0.1, 0.15) is 22.6 Å². The van der Waals surface area contributed by atoms with Crippen molar-refractivity contribution in [2.24, 2.45) is 0 Å². The molecule has 0 unspecified atom stereocenters. The van der Waals surface area contributed by atoms with Crippen molar-refractivity contribution in [1.82, 2.24) is 4.90 Å². The van der Waals surface area contributed by atoms with E-state index in [2.05, 4.69) is 44.0 Å². The Hall–Kier alpha value is -0.820. The second kappa shape index (κ2) is 3.15. The van der Waals surface area contributed by atoms with E-state index >= 15 is 0 Å². The average Bonchev–Trinajstić information content (AvgIpc) is 2.05. The Morgan fingerprint density at radius 1 is 1.15 bits per heavy atom. The van der Waals surface area contributed by atoms with Crippen molar-refractivity contribution in [3.8, 4) is 0 Å². The molecule has 0 bridgehead atoms. The molecule has 13 heavy (non-hydrogen) atoms. The van der Waals surface area contributed by atoms with Crippen molar-refractivity contribution in [1.29, 1.82) is 0 Å². The van der Waals surface area contributed by atoms with Crippen LogP contribution in [0, 0.1) is 13.8 Å². The summed E-state index contributed by atoms with van der Waals surface area (Å²) in [7, 11) is 2.18. The molecule has 0 amide bonds. The van der Waals surface area contributed by atoms with Crippen molar-refractivity contribution >= 4 is 0 Å². The van der Waals surface area contributed by atoms with Gasteiger partial charge in [-0.25, -0.2) is 0 Å². The number of nitrogens with zero attached hydrogens (tertiary/aromatic N) is 1. The minimum Gasteiger partial charge on any atom is -0.305 e. The van der Waals surface area contributed by atoms with Gasteiger partial charge in [0.1, 0.15) is 0 Å². The molecule has 1 nitrogen and oxygen atoms in total. The highest BCUT2D eigenvalue weighted by molar-refractivity contribution is 5.33. The van der Waals surface area contributed by atoms with E-state index in [4.69, 9.17) is 0 Å². The lowest BCUT2D eigenvalue weighted by Crippen LogP contribution is -2.41. The standard InChI is InChI=1S/C12H17N/c1-9-4-5-11(6-10(9)2)12-7-13(3)8-12/h4-6,12H,7-8H2,1-3H3. The first-order valence-corrected chi connectivity index (χ1v) is 4.92. The van der Waals surface area contributed by atoms with Gasteiger partial charge in [-0.05, 0) is 37.6 Å². The van der Waals surface area contributed by atoms with Gasteiger partial charge in [-0.2, -0.15) is 0 Å². The minimum atomic E-state index is 0.782. The van der Waals surface area contributed by atoms with Crippen LogP contribution in [0.2, 0.25) is 0 Å². The monoisotopic (exact) mass is 175 g/mol. The van der Waals surface area contributed by atoms with Crippen LogP contribution in [0.5, 0.6) is 0 Å². The largest absolute Gasteiger partial charge is 0.305 e. The van der Waals surface area contributed by atoms with E-state index in [1.54, 1.807) is 0 Å². The van der Waals surface area contributed by atoms with Gasteiger partial charge < -0.3 is 4.90 Å². The van der Waals surface area contributed by atoms with Crippen molar-refractivity contribution < 1.29 is 0 Å². The molecule has 0 atom stereocenters. The van der Waals surface area contributed by atoms with Crippen LogP contribution in [0.4, 0.5) is 0 Å². The molecule has 0 radical (unpaired) electrons. The fraction of sp³-hybridized carbons (Fsp3) is 0.500. The molecule has 0 N–H and O–H groups in total. The van der Waals surface area contributed by atoms with Crippen LogP contribution in [0.15, 0.2) is 18.2 Å². The molecule has 2 rings (SSSR count). The van der Waals surface area contributed by atoms with Gasteiger partial charge >= 0.3 is 0 Å². The average molecular weight is 175 g/mol. The molecule has 0 aliphatic carbocycles. The summed E-state index contributed by atoms with van der Waals surface area (Å²) < 4.78 is 0. The van der Waals surface area contributed by atoms with Crippen LogP contribution in [0.25, 0.3) is 0 Å². The number of rotatable bonds is 1. The lowest BCUT2D eigenvalue weighted by molar-refractivity contribution is 0.189. The van der Waals surface area contributed by atoms with Gasteiger partial charge in [-0.15, -0.1) is 0 Å². The Balaban J connectivity index is 2.18. The van der Waals surface area contributed by atoms with E-state index in [-0.39, 0.29) is 0 Å². The third-order valence-electron chi connectivity index (χ3n) is 3.07. The van der Waals surface area contributed by atoms with Gasteiger partial charge in [0.25, 0.3) is 0 Å². The van der Waals surface area contributed by atoms with Crippen LogP contribution in [-0.4, -0.2) is 25.0 Å². The normalized spacial score (nSPS) is 18.7. The summed E-state index contributed by atoms with van der Waals surface area (Å²) in [5.41, 5.74) is 4.34. The first-order chi connectivity index (χ1) is 6.16. The lowest BCUT2D eigenvalue weighted by Gasteiger charge is -2.36. The molecule has 1 heteroatoms. The summed E-state index contributed by atoms with van der Waals surface area (Å²) in [5.74, 6) is 0.782. The van der Waals surface area contributed by atoms with Gasteiger partial charge in [0.2, 0.25) is 0 Å². The number of hydrogen-bond donors (Lipinski definition) is 0. The molecule has 1 fully saturated rings. The number of hydrogen-bond acceptors (Lipinski definition) is 1. The van der Waals surface area contributed by atoms with Crippen LogP contribution < -0.4 is 0 Å². The van der Waals surface area contributed by atoms with Crippen molar-refractivity contribution in [3.63, 3.8) is 0 Å². The van der Waals surface area contributed by atoms with Crippen molar-refractivity contribution in [3.05, 3.63) is 34.9 Å². The number of likely N-dealkylation sites (tertiary alicyclic amines) is 1. The summed E-state index contributed by atoms with van der Waals surface area (Å²) in [6.45, 7) is 6.82. The van der Waals surface area contributed by atoms with Crippen molar-refractivity contribution in [2.75, 3.05) is 20.1 Å². The molecular formula is C12H17N. The first-order valence-electron chi connectivity index (χ1n) is 4.92. The zero-order valence-electron chi connectivity index (χ0n) is 8.67. The van der Waals surface area contributed by atoms with Gasteiger partial charge in [-0.3, -0.25) is 0 Å². The minimum absolute atomic E-state index is 0.782. The highest BCUT2D eigenvalue weighted by Crippen LogP contribution is 2.26. The van der Waals surface area contributed by atoms with Crippen molar-refractivity contribution in [2.45, 2.75) is 19.8 Å². The number of aryl methyl sites for hydroxylation is 2. The maximum atomic E-state index is 2.36. The third kappa shape index (κ3) is 1.61. The van der Waals surface area contributed by atoms with E-state index < -0.39 is 0 Å². The molecule has 0 aromatic heterocycles. The summed E-state index contributed by atoms with van der Waals surface area (Å²) in [4.78, 5) is 2.36. The second-order valence-electron chi connectivity index (χ2n) is 4.26. The zero-order chi connectivity index (χ0) is 9.42. The van der Waals surface area contributed by atoms with Gasteiger partial charge in [-0.1, -0.05) is 18.2 Å². The quantitative estimate of drug-likeness (QED) is 0.633. The molecule has 1 aliphatic rings. The summed E-state index contributed by atoms with van der Waals surface area (Å²) in [6.07, 6.45) is 0. The molecular weight excluding hydrogens is 158 g/mol. The molecule has 1 saturated heterocycles. The fourth-order valence-corrected chi connectivity index (χ4v) is 1.93. The lowest BCUT2D eigenvalue weighted by atomic mass is 9.90. The van der Waals surface area contributed by atoms with Gasteiger partial charge in [0.15, 0.2) is 0 Å². The topological polar surface area (TPSA) is 3.24 Å². The van der Waals surface area contributed by atoms with Gasteiger partial charge in [0, 0.05) is 19.0 Å². The Bertz CT molecular complexity index is 311. The molecule has 1 heterocycles. The molecule has 70 valence electrons. The van der Waals surface area contributed by atoms with E-state index in [0.29, 0.717) is 0 Å². The molecule has 0 spiro atoms. The molecule has 0 saturated carbocycles. The maximum Gasteiger partial charge on any atom is 0.00934 e. The summed E-state index contributed by atoms with van der Waals surface area (Å²) >= 11 is 0. The number of likely N-dealkylation sites (N-methyl/N-ethyl adjacent to an activating group) is 1. The summed E-state index contributed by atoms with van der Waals surface area (Å²) in [5, 5.41) is 0. The van der Waals surface area contributed by atoms with E-state index in [1.807, 2.05) is 0 Å². The molecule has 1 aliphatic heterocycles. The van der Waals surface area contributed by atoms with E-state index in [9.17, 15) is 0 Å². The van der Waals surface area contributed by atoms with Crippen LogP contribution >= 0.6 is 0 Å². The Morgan fingerprint density at radius 3 is 2.38 bits per heavy atom. The van der Waals surface area contributed by atoms with Crippen LogP contribution in [0.3, 0.4) is 0 Å². The predicted octanol–water partition coefficient (Wildman–Crippen LogP) is 2.33. The van der Waals surface area contributed by atoms with E-state index in [1.165, 1.54) is 29.8 Å². The van der Waals surface area contributed by atoms with Crippen LogP contribution in [-0.2, 0) is 0 Å². The zero-order valence-corrected chi connectivity index (χ0v) is 8.67. The third-order valence-corrected chi connectivity index (χ3v) is 3.07. The maximum absolute atomic E-state index is 2.36. The molecule has 1 aromatic carbocycles. The Morgan fingerprint density at radius 2 is 1.85 bits per heavy atom. The van der Waals surface area contributed by atoms with E-state index in [0.717, 1.165) is 5.92 Å². The summed E-state index contributed by atoms with van der Waals surface area (Å²) in [6, 6.07) is 6.86. The highest BCUT2D eigenvalue weighted by atomic mass is 15.2. The first kappa shape index (κ1) is 8.76. The smallest absolute Gasteiger partial charge is 0.00934 e.